The van der Waals surface area contributed by atoms with Gasteiger partial charge in [0, 0.05) is 19.8 Å². The molecule has 0 saturated heterocycles. The van der Waals surface area contributed by atoms with Gasteiger partial charge in [0.2, 0.25) is 11.9 Å². The van der Waals surface area contributed by atoms with Crippen LogP contribution in [0.1, 0.15) is 5.56 Å². The molecule has 0 amide bonds. The van der Waals surface area contributed by atoms with Crippen LogP contribution in [0.2, 0.25) is 0 Å². The van der Waals surface area contributed by atoms with Gasteiger partial charge in [-0.15, -0.1) is 0 Å². The Morgan fingerprint density at radius 3 is 2.17 bits per heavy atom. The van der Waals surface area contributed by atoms with Crippen molar-refractivity contribution in [2.24, 2.45) is 0 Å². The van der Waals surface area contributed by atoms with Gasteiger partial charge < -0.3 is 25.8 Å². The number of nitrogens with zero attached hydrogens (tertiary/aromatic N) is 5. The minimum atomic E-state index is 0.0831. The number of ether oxygens (including phenoxy) is 2. The smallest absolute Gasteiger partial charge is 0.227 e. The molecule has 4 rings (SSSR count). The first-order chi connectivity index (χ1) is 14.5. The van der Waals surface area contributed by atoms with Gasteiger partial charge in [0.1, 0.15) is 23.1 Å². The van der Waals surface area contributed by atoms with E-state index in [0.717, 1.165) is 22.8 Å². The highest BCUT2D eigenvalue weighted by Gasteiger charge is 2.11. The van der Waals surface area contributed by atoms with Crippen LogP contribution >= 0.6 is 0 Å². The third kappa shape index (κ3) is 4.14. The van der Waals surface area contributed by atoms with E-state index in [1.165, 1.54) is 0 Å². The third-order valence-corrected chi connectivity index (χ3v) is 4.47. The SMILES string of the molecule is COc1ccc(Oc2ccc(CN(C)c3ncc4c(N)nc(N)nc4n3)cc2)cc1. The Morgan fingerprint density at radius 2 is 1.50 bits per heavy atom. The van der Waals surface area contributed by atoms with Crippen molar-refractivity contribution in [3.8, 4) is 17.2 Å². The molecule has 4 N–H and O–H groups in total. The Balaban J connectivity index is 1.45. The molecular weight excluding hydrogens is 382 g/mol. The maximum Gasteiger partial charge on any atom is 0.227 e. The largest absolute Gasteiger partial charge is 0.497 e. The number of hydrogen-bond donors (Lipinski definition) is 2. The summed E-state index contributed by atoms with van der Waals surface area (Å²) in [6, 6.07) is 15.3. The van der Waals surface area contributed by atoms with Gasteiger partial charge in [-0.25, -0.2) is 4.98 Å². The predicted octanol–water partition coefficient (Wildman–Crippen LogP) is 3.02. The highest BCUT2D eigenvalue weighted by Crippen LogP contribution is 2.25. The van der Waals surface area contributed by atoms with Crippen molar-refractivity contribution in [3.63, 3.8) is 0 Å². The Kier molecular flexibility index (Phi) is 5.17. The molecule has 4 aromatic rings. The fourth-order valence-corrected chi connectivity index (χ4v) is 2.92. The van der Waals surface area contributed by atoms with Crippen molar-refractivity contribution in [3.05, 3.63) is 60.3 Å². The highest BCUT2D eigenvalue weighted by atomic mass is 16.5. The number of benzene rings is 2. The van der Waals surface area contributed by atoms with E-state index < -0.39 is 0 Å². The summed E-state index contributed by atoms with van der Waals surface area (Å²) in [6.45, 7) is 0.602. The van der Waals surface area contributed by atoms with Crippen molar-refractivity contribution < 1.29 is 9.47 Å². The molecule has 0 radical (unpaired) electrons. The number of rotatable bonds is 6. The number of fused-ring (bicyclic) bond motifs is 1. The van der Waals surface area contributed by atoms with Crippen molar-refractivity contribution in [2.45, 2.75) is 6.54 Å². The first-order valence-corrected chi connectivity index (χ1v) is 9.19. The first-order valence-electron chi connectivity index (χ1n) is 9.19. The summed E-state index contributed by atoms with van der Waals surface area (Å²) in [4.78, 5) is 18.8. The fraction of sp³-hybridized carbons (Fsp3) is 0.143. The Hall–Kier alpha value is -4.14. The van der Waals surface area contributed by atoms with E-state index >= 15 is 0 Å². The summed E-state index contributed by atoms with van der Waals surface area (Å²) in [5.74, 6) is 3.13. The standard InChI is InChI=1S/C21H21N7O2/c1-28(21-24-11-17-18(22)25-20(23)26-19(17)27-21)12-13-3-5-15(6-4-13)30-16-9-7-14(29-2)8-10-16/h3-11H,12H2,1-2H3,(H4,22,23,24,25,26,27). The van der Waals surface area contributed by atoms with E-state index in [1.807, 2.05) is 60.5 Å². The zero-order valence-corrected chi connectivity index (χ0v) is 16.6. The minimum Gasteiger partial charge on any atom is -0.497 e. The number of aromatic nitrogens is 4. The minimum absolute atomic E-state index is 0.0831. The molecule has 0 fully saturated rings. The molecule has 0 spiro atoms. The van der Waals surface area contributed by atoms with Crippen molar-refractivity contribution in [1.29, 1.82) is 0 Å². The second-order valence-electron chi connectivity index (χ2n) is 6.65. The van der Waals surface area contributed by atoms with Crippen LogP contribution in [0.3, 0.4) is 0 Å². The summed E-state index contributed by atoms with van der Waals surface area (Å²) in [5.41, 5.74) is 13.0. The van der Waals surface area contributed by atoms with Crippen LogP contribution in [0, 0.1) is 0 Å². The molecule has 2 aromatic heterocycles. The molecule has 9 heteroatoms. The molecule has 0 aliphatic heterocycles. The van der Waals surface area contributed by atoms with E-state index in [9.17, 15) is 0 Å². The summed E-state index contributed by atoms with van der Waals surface area (Å²) >= 11 is 0. The lowest BCUT2D eigenvalue weighted by molar-refractivity contribution is 0.413. The van der Waals surface area contributed by atoms with Crippen LogP contribution < -0.4 is 25.8 Å². The lowest BCUT2D eigenvalue weighted by Gasteiger charge is -2.17. The molecule has 152 valence electrons. The number of methoxy groups -OCH3 is 1. The molecule has 9 nitrogen and oxygen atoms in total. The molecule has 0 aliphatic rings. The van der Waals surface area contributed by atoms with Crippen molar-refractivity contribution >= 4 is 28.7 Å². The molecule has 0 atom stereocenters. The molecule has 0 saturated carbocycles. The highest BCUT2D eigenvalue weighted by molar-refractivity contribution is 5.85. The number of nitrogens with two attached hydrogens (primary N) is 2. The fourth-order valence-electron chi connectivity index (χ4n) is 2.92. The lowest BCUT2D eigenvalue weighted by atomic mass is 10.2. The van der Waals surface area contributed by atoms with Gasteiger partial charge in [-0.05, 0) is 42.0 Å². The molecule has 2 aromatic carbocycles. The van der Waals surface area contributed by atoms with Gasteiger partial charge in [-0.3, -0.25) is 0 Å². The van der Waals surface area contributed by atoms with Gasteiger partial charge in [0.05, 0.1) is 12.5 Å². The number of anilines is 3. The van der Waals surface area contributed by atoms with Crippen LogP contribution in [0.15, 0.2) is 54.7 Å². The second kappa shape index (κ2) is 8.08. The average molecular weight is 403 g/mol. The van der Waals surface area contributed by atoms with Crippen LogP contribution in [0.25, 0.3) is 11.0 Å². The van der Waals surface area contributed by atoms with Crippen LogP contribution in [-0.2, 0) is 6.54 Å². The molecule has 0 aliphatic carbocycles. The van der Waals surface area contributed by atoms with Crippen LogP contribution in [-0.4, -0.2) is 34.1 Å². The zero-order valence-electron chi connectivity index (χ0n) is 16.6. The molecular formula is C21H21N7O2. The van der Waals surface area contributed by atoms with Crippen molar-refractivity contribution in [2.75, 3.05) is 30.5 Å². The van der Waals surface area contributed by atoms with Gasteiger partial charge in [-0.2, -0.15) is 15.0 Å². The average Bonchev–Trinajstić information content (AvgIpc) is 2.75. The van der Waals surface area contributed by atoms with E-state index in [4.69, 9.17) is 20.9 Å². The molecule has 2 heterocycles. The Morgan fingerprint density at radius 1 is 0.867 bits per heavy atom. The van der Waals surface area contributed by atoms with E-state index in [2.05, 4.69) is 19.9 Å². The molecule has 0 bridgehead atoms. The monoisotopic (exact) mass is 403 g/mol. The lowest BCUT2D eigenvalue weighted by Crippen LogP contribution is -2.19. The molecule has 0 unspecified atom stereocenters. The maximum absolute atomic E-state index is 5.86. The van der Waals surface area contributed by atoms with Crippen molar-refractivity contribution in [1.82, 2.24) is 19.9 Å². The summed E-state index contributed by atoms with van der Waals surface area (Å²) in [6.07, 6.45) is 1.61. The van der Waals surface area contributed by atoms with Gasteiger partial charge in [0.25, 0.3) is 0 Å². The summed E-state index contributed by atoms with van der Waals surface area (Å²) in [7, 11) is 3.53. The topological polar surface area (TPSA) is 125 Å². The summed E-state index contributed by atoms with van der Waals surface area (Å²) in [5, 5.41) is 0.571. The first kappa shape index (κ1) is 19.2. The van der Waals surface area contributed by atoms with Crippen LogP contribution in [0.4, 0.5) is 17.7 Å². The third-order valence-electron chi connectivity index (χ3n) is 4.47. The van der Waals surface area contributed by atoms with E-state index in [0.29, 0.717) is 23.5 Å². The number of nitrogen functional groups attached to an aromatic ring is 2. The molecule has 30 heavy (non-hydrogen) atoms. The zero-order chi connectivity index (χ0) is 21.1. The van der Waals surface area contributed by atoms with Gasteiger partial charge >= 0.3 is 0 Å². The normalized spacial score (nSPS) is 10.7. The van der Waals surface area contributed by atoms with Gasteiger partial charge in [-0.1, -0.05) is 12.1 Å². The summed E-state index contributed by atoms with van der Waals surface area (Å²) < 4.78 is 11.0. The van der Waals surface area contributed by atoms with E-state index in [1.54, 1.807) is 13.3 Å². The Labute approximate surface area is 173 Å². The Bertz CT molecular complexity index is 1160. The second-order valence-corrected chi connectivity index (χ2v) is 6.65. The maximum atomic E-state index is 5.86. The van der Waals surface area contributed by atoms with Crippen LogP contribution in [0.5, 0.6) is 17.2 Å². The quantitative estimate of drug-likeness (QED) is 0.499. The number of hydrogen-bond acceptors (Lipinski definition) is 9. The van der Waals surface area contributed by atoms with Gasteiger partial charge in [0.15, 0.2) is 5.65 Å². The van der Waals surface area contributed by atoms with E-state index in [-0.39, 0.29) is 11.8 Å². The predicted molar refractivity (Wildman–Crippen MR) is 116 cm³/mol.